The van der Waals surface area contributed by atoms with E-state index in [2.05, 4.69) is 44.3 Å². The molecule has 0 radical (unpaired) electrons. The lowest BCUT2D eigenvalue weighted by atomic mass is 9.91. The summed E-state index contributed by atoms with van der Waals surface area (Å²) in [4.78, 5) is 9.15. The molecular weight excluding hydrogens is 436 g/mol. The number of anilines is 1. The zero-order chi connectivity index (χ0) is 21.0. The SMILES string of the molecule is CCC/C=C(\C=NC)c1cnn2c(N)c(Br)c(C3CCC(C(O)OC)NC3)nc12. The number of nitrogen functional groups attached to an aromatic ring is 1. The number of fused-ring (bicyclic) bond motifs is 1. The Hall–Kier alpha value is -1.81. The molecule has 9 heteroatoms. The van der Waals surface area contributed by atoms with Crippen LogP contribution in [0.4, 0.5) is 5.82 Å². The zero-order valence-corrected chi connectivity index (χ0v) is 18.7. The number of nitrogens with two attached hydrogens (primary N) is 1. The third kappa shape index (κ3) is 4.53. The second-order valence-electron chi connectivity index (χ2n) is 7.24. The standard InChI is InChI=1S/C20H29BrN6O2/c1-4-5-6-12(9-23-2)14-11-25-27-18(22)16(21)17(26-19(14)27)13-7-8-15(24-10-13)20(28)29-3/h6,9,11,13,15,20,24,28H,4-5,7-8,10,22H2,1-3H3/b12-6+,23-9?. The molecular formula is C20H29BrN6O2. The Morgan fingerprint density at radius 3 is 2.97 bits per heavy atom. The molecule has 8 nitrogen and oxygen atoms in total. The van der Waals surface area contributed by atoms with Crippen LogP contribution in [0.2, 0.25) is 0 Å². The summed E-state index contributed by atoms with van der Waals surface area (Å²) in [6, 6.07) is -0.0778. The van der Waals surface area contributed by atoms with Crippen LogP contribution in [0.5, 0.6) is 0 Å². The van der Waals surface area contributed by atoms with Gasteiger partial charge in [-0.3, -0.25) is 4.99 Å². The van der Waals surface area contributed by atoms with Gasteiger partial charge in [0.05, 0.1) is 22.4 Å². The molecule has 1 aliphatic rings. The van der Waals surface area contributed by atoms with Crippen molar-refractivity contribution in [3.05, 3.63) is 28.0 Å². The quantitative estimate of drug-likeness (QED) is 0.429. The van der Waals surface area contributed by atoms with E-state index in [1.165, 1.54) is 7.11 Å². The molecule has 0 saturated carbocycles. The fraction of sp³-hybridized carbons (Fsp3) is 0.550. The van der Waals surface area contributed by atoms with E-state index >= 15 is 0 Å². The van der Waals surface area contributed by atoms with Gasteiger partial charge >= 0.3 is 0 Å². The van der Waals surface area contributed by atoms with E-state index in [1.54, 1.807) is 17.8 Å². The Balaban J connectivity index is 1.98. The monoisotopic (exact) mass is 464 g/mol. The van der Waals surface area contributed by atoms with Gasteiger partial charge in [-0.2, -0.15) is 9.61 Å². The summed E-state index contributed by atoms with van der Waals surface area (Å²) >= 11 is 3.62. The Morgan fingerprint density at radius 2 is 2.34 bits per heavy atom. The Labute approximate surface area is 179 Å². The number of aromatic nitrogens is 3. The second-order valence-corrected chi connectivity index (χ2v) is 8.03. The molecule has 1 saturated heterocycles. The van der Waals surface area contributed by atoms with Gasteiger partial charge in [0.1, 0.15) is 5.82 Å². The first-order valence-corrected chi connectivity index (χ1v) is 10.7. The number of methoxy groups -OCH3 is 1. The molecule has 3 atom stereocenters. The molecule has 4 N–H and O–H groups in total. The maximum atomic E-state index is 9.91. The number of aliphatic hydroxyl groups excluding tert-OH is 1. The molecule has 158 valence electrons. The van der Waals surface area contributed by atoms with Crippen LogP contribution in [-0.2, 0) is 4.74 Å². The Morgan fingerprint density at radius 1 is 1.55 bits per heavy atom. The second kappa shape index (κ2) is 9.80. The molecule has 3 heterocycles. The predicted molar refractivity (Wildman–Crippen MR) is 119 cm³/mol. The maximum Gasteiger partial charge on any atom is 0.169 e. The van der Waals surface area contributed by atoms with Crippen molar-refractivity contribution < 1.29 is 9.84 Å². The molecule has 0 aromatic carbocycles. The summed E-state index contributed by atoms with van der Waals surface area (Å²) in [5.74, 6) is 0.696. The number of hydrogen-bond donors (Lipinski definition) is 3. The summed E-state index contributed by atoms with van der Waals surface area (Å²) in [7, 11) is 3.27. The number of unbranched alkanes of at least 4 members (excludes halogenated alkanes) is 1. The molecule has 3 rings (SSSR count). The van der Waals surface area contributed by atoms with Gasteiger partial charge < -0.3 is 20.9 Å². The minimum atomic E-state index is -0.805. The van der Waals surface area contributed by atoms with Gasteiger partial charge in [-0.15, -0.1) is 0 Å². The van der Waals surface area contributed by atoms with E-state index in [4.69, 9.17) is 15.5 Å². The van der Waals surface area contributed by atoms with Crippen LogP contribution in [0.25, 0.3) is 11.2 Å². The molecule has 3 unspecified atom stereocenters. The number of aliphatic hydroxyl groups is 1. The van der Waals surface area contributed by atoms with Crippen molar-refractivity contribution in [2.75, 3.05) is 26.4 Å². The molecule has 1 fully saturated rings. The van der Waals surface area contributed by atoms with E-state index in [1.807, 2.05) is 6.21 Å². The van der Waals surface area contributed by atoms with Crippen LogP contribution in [0, 0.1) is 0 Å². The number of rotatable bonds is 7. The highest BCUT2D eigenvalue weighted by atomic mass is 79.9. The summed E-state index contributed by atoms with van der Waals surface area (Å²) in [5.41, 5.74) is 9.93. The maximum absolute atomic E-state index is 9.91. The Bertz CT molecular complexity index is 902. The molecule has 1 aliphatic heterocycles. The normalized spacial score (nSPS) is 21.9. The zero-order valence-electron chi connectivity index (χ0n) is 17.1. The van der Waals surface area contributed by atoms with Gasteiger partial charge in [-0.05, 0) is 35.2 Å². The molecule has 0 bridgehead atoms. The summed E-state index contributed by atoms with van der Waals surface area (Å²) in [6.45, 7) is 2.83. The first kappa shape index (κ1) is 21.9. The van der Waals surface area contributed by atoms with Crippen molar-refractivity contribution in [2.24, 2.45) is 4.99 Å². The topological polar surface area (TPSA) is 110 Å². The number of ether oxygens (including phenoxy) is 1. The van der Waals surface area contributed by atoms with Crippen LogP contribution in [0.3, 0.4) is 0 Å². The number of aliphatic imine (C=N–C) groups is 1. The van der Waals surface area contributed by atoms with Crippen LogP contribution < -0.4 is 11.1 Å². The number of nitrogens with one attached hydrogen (secondary N) is 1. The lowest BCUT2D eigenvalue weighted by Crippen LogP contribution is -2.46. The molecule has 0 amide bonds. The highest BCUT2D eigenvalue weighted by Gasteiger charge is 2.30. The fourth-order valence-corrected chi connectivity index (χ4v) is 4.26. The highest BCUT2D eigenvalue weighted by molar-refractivity contribution is 9.10. The van der Waals surface area contributed by atoms with E-state index in [9.17, 15) is 5.11 Å². The van der Waals surface area contributed by atoms with Gasteiger partial charge in [0.25, 0.3) is 0 Å². The number of allylic oxidation sites excluding steroid dienone is 2. The van der Waals surface area contributed by atoms with E-state index < -0.39 is 6.29 Å². The number of halogens is 1. The molecule has 2 aromatic heterocycles. The minimum Gasteiger partial charge on any atom is -0.383 e. The van der Waals surface area contributed by atoms with Crippen LogP contribution in [0.1, 0.15) is 49.8 Å². The average molecular weight is 465 g/mol. The average Bonchev–Trinajstić information content (AvgIpc) is 3.17. The van der Waals surface area contributed by atoms with E-state index in [-0.39, 0.29) is 12.0 Å². The van der Waals surface area contributed by atoms with Crippen LogP contribution in [-0.4, -0.2) is 59.0 Å². The van der Waals surface area contributed by atoms with Gasteiger partial charge in [-0.25, -0.2) is 4.98 Å². The van der Waals surface area contributed by atoms with Crippen molar-refractivity contribution in [1.29, 1.82) is 0 Å². The highest BCUT2D eigenvalue weighted by Crippen LogP contribution is 2.35. The minimum absolute atomic E-state index is 0.0778. The van der Waals surface area contributed by atoms with Gasteiger partial charge in [0.15, 0.2) is 11.9 Å². The third-order valence-electron chi connectivity index (χ3n) is 5.31. The first-order valence-electron chi connectivity index (χ1n) is 9.91. The van der Waals surface area contributed by atoms with Gasteiger partial charge in [0, 0.05) is 44.0 Å². The fourth-order valence-electron chi connectivity index (χ4n) is 3.68. The third-order valence-corrected chi connectivity index (χ3v) is 6.12. The van der Waals surface area contributed by atoms with E-state index in [0.29, 0.717) is 12.4 Å². The van der Waals surface area contributed by atoms with Gasteiger partial charge in [0.2, 0.25) is 0 Å². The Kier molecular flexibility index (Phi) is 7.39. The lowest BCUT2D eigenvalue weighted by molar-refractivity contribution is -0.102. The molecule has 0 spiro atoms. The van der Waals surface area contributed by atoms with E-state index in [0.717, 1.165) is 52.6 Å². The summed E-state index contributed by atoms with van der Waals surface area (Å²) < 4.78 is 7.47. The largest absolute Gasteiger partial charge is 0.383 e. The summed E-state index contributed by atoms with van der Waals surface area (Å²) in [5, 5.41) is 17.7. The van der Waals surface area contributed by atoms with Crippen molar-refractivity contribution in [1.82, 2.24) is 19.9 Å². The van der Waals surface area contributed by atoms with Crippen LogP contribution >= 0.6 is 15.9 Å². The lowest BCUT2D eigenvalue weighted by Gasteiger charge is -2.32. The van der Waals surface area contributed by atoms with Crippen molar-refractivity contribution in [2.45, 2.75) is 50.9 Å². The summed E-state index contributed by atoms with van der Waals surface area (Å²) in [6.07, 6.45) is 8.64. The number of piperidine rings is 1. The van der Waals surface area contributed by atoms with Gasteiger partial charge in [-0.1, -0.05) is 19.4 Å². The first-order chi connectivity index (χ1) is 14.0. The van der Waals surface area contributed by atoms with Crippen molar-refractivity contribution in [3.63, 3.8) is 0 Å². The molecule has 29 heavy (non-hydrogen) atoms. The van der Waals surface area contributed by atoms with Crippen molar-refractivity contribution in [3.8, 4) is 0 Å². The van der Waals surface area contributed by atoms with Crippen LogP contribution in [0.15, 0.2) is 21.7 Å². The van der Waals surface area contributed by atoms with Crippen molar-refractivity contribution >= 4 is 39.2 Å². The predicted octanol–water partition coefficient (Wildman–Crippen LogP) is 2.76. The number of hydrogen-bond acceptors (Lipinski definition) is 7. The smallest absolute Gasteiger partial charge is 0.169 e. The molecule has 2 aromatic rings. The molecule has 0 aliphatic carbocycles. The number of nitrogens with zero attached hydrogens (tertiary/aromatic N) is 4.